The number of likely N-dealkylation sites (N-methyl/N-ethyl adjacent to an activating group) is 1. The standard InChI is InChI=1S/C17H23NO2/c1-18(20)9-8-17-7-3-2-4-14(17)16(18)10-12-5-6-13(19)11-15(12)17/h5-6,11,14,16,19H,2-4,7-10H2,1H3/t14-,16-,17-,18?/m0/s1. The van der Waals surface area contributed by atoms with Crippen LogP contribution in [0, 0.1) is 11.1 Å². The highest BCUT2D eigenvalue weighted by molar-refractivity contribution is 5.44. The van der Waals surface area contributed by atoms with E-state index in [9.17, 15) is 10.3 Å². The van der Waals surface area contributed by atoms with E-state index >= 15 is 0 Å². The summed E-state index contributed by atoms with van der Waals surface area (Å²) in [5, 5.41) is 22.8. The number of benzene rings is 1. The lowest BCUT2D eigenvalue weighted by molar-refractivity contribution is -0.899. The van der Waals surface area contributed by atoms with Gasteiger partial charge < -0.3 is 15.0 Å². The Kier molecular flexibility index (Phi) is 2.52. The highest BCUT2D eigenvalue weighted by Crippen LogP contribution is 2.57. The van der Waals surface area contributed by atoms with Crippen LogP contribution in [-0.2, 0) is 11.8 Å². The Morgan fingerprint density at radius 1 is 1.30 bits per heavy atom. The maximum absolute atomic E-state index is 12.9. The van der Waals surface area contributed by atoms with Crippen molar-refractivity contribution in [1.29, 1.82) is 0 Å². The highest BCUT2D eigenvalue weighted by Gasteiger charge is 2.57. The molecule has 1 saturated heterocycles. The third-order valence-electron chi connectivity index (χ3n) is 6.32. The fourth-order valence-corrected chi connectivity index (χ4v) is 5.34. The normalized spacial score (nSPS) is 42.7. The predicted octanol–water partition coefficient (Wildman–Crippen LogP) is 3.09. The van der Waals surface area contributed by atoms with Crippen molar-refractivity contribution in [3.63, 3.8) is 0 Å². The maximum Gasteiger partial charge on any atom is 0.115 e. The maximum atomic E-state index is 12.9. The van der Waals surface area contributed by atoms with Gasteiger partial charge in [0.05, 0.1) is 19.6 Å². The first-order valence-corrected chi connectivity index (χ1v) is 7.92. The summed E-state index contributed by atoms with van der Waals surface area (Å²) in [5.41, 5.74) is 2.85. The third kappa shape index (κ3) is 1.54. The van der Waals surface area contributed by atoms with Crippen molar-refractivity contribution in [3.8, 4) is 5.75 Å². The van der Waals surface area contributed by atoms with Gasteiger partial charge in [-0.3, -0.25) is 0 Å². The smallest absolute Gasteiger partial charge is 0.115 e. The Bertz CT molecular complexity index is 554. The van der Waals surface area contributed by atoms with Gasteiger partial charge >= 0.3 is 0 Å². The van der Waals surface area contributed by atoms with Crippen molar-refractivity contribution in [2.45, 2.75) is 50.0 Å². The van der Waals surface area contributed by atoms with E-state index in [2.05, 4.69) is 6.07 Å². The second-order valence-corrected chi connectivity index (χ2v) is 7.27. The number of phenolic OH excluding ortho intramolecular Hbond substituents is 1. The van der Waals surface area contributed by atoms with Crippen molar-refractivity contribution >= 4 is 0 Å². The summed E-state index contributed by atoms with van der Waals surface area (Å²) in [6.07, 6.45) is 6.80. The van der Waals surface area contributed by atoms with Gasteiger partial charge in [0.15, 0.2) is 0 Å². The summed E-state index contributed by atoms with van der Waals surface area (Å²) in [6.45, 7) is 0.732. The Hall–Kier alpha value is -1.06. The number of piperidine rings is 1. The molecule has 1 unspecified atom stereocenters. The van der Waals surface area contributed by atoms with E-state index in [1.807, 2.05) is 13.1 Å². The molecule has 0 aromatic heterocycles. The lowest BCUT2D eigenvalue weighted by Crippen LogP contribution is -2.66. The summed E-state index contributed by atoms with van der Waals surface area (Å²) >= 11 is 0. The van der Waals surface area contributed by atoms with Gasteiger partial charge in [-0.25, -0.2) is 0 Å². The largest absolute Gasteiger partial charge is 0.633 e. The average Bonchev–Trinajstić information content (AvgIpc) is 2.44. The molecule has 1 aromatic rings. The van der Waals surface area contributed by atoms with Crippen molar-refractivity contribution < 1.29 is 9.75 Å². The molecule has 1 saturated carbocycles. The summed E-state index contributed by atoms with van der Waals surface area (Å²) in [6, 6.07) is 6.05. The van der Waals surface area contributed by atoms with Crippen LogP contribution in [0.2, 0.25) is 0 Å². The van der Waals surface area contributed by atoms with E-state index < -0.39 is 0 Å². The van der Waals surface area contributed by atoms with Crippen molar-refractivity contribution in [3.05, 3.63) is 34.5 Å². The van der Waals surface area contributed by atoms with Crippen LogP contribution < -0.4 is 0 Å². The van der Waals surface area contributed by atoms with Gasteiger partial charge in [-0.15, -0.1) is 0 Å². The first-order chi connectivity index (χ1) is 9.53. The molecule has 3 heteroatoms. The molecule has 1 aliphatic heterocycles. The molecule has 0 spiro atoms. The molecule has 0 amide bonds. The summed E-state index contributed by atoms with van der Waals surface area (Å²) < 4.78 is -0.0628. The molecule has 20 heavy (non-hydrogen) atoms. The van der Waals surface area contributed by atoms with Crippen LogP contribution in [-0.4, -0.2) is 29.4 Å². The Labute approximate surface area is 120 Å². The van der Waals surface area contributed by atoms with Gasteiger partial charge in [0, 0.05) is 24.2 Å². The van der Waals surface area contributed by atoms with Crippen LogP contribution in [0.1, 0.15) is 43.2 Å². The molecule has 2 fully saturated rings. The zero-order chi connectivity index (χ0) is 14.0. The average molecular weight is 273 g/mol. The number of nitrogens with zero attached hydrogens (tertiary/aromatic N) is 1. The minimum Gasteiger partial charge on any atom is -0.633 e. The van der Waals surface area contributed by atoms with E-state index in [1.165, 1.54) is 36.8 Å². The van der Waals surface area contributed by atoms with Crippen LogP contribution >= 0.6 is 0 Å². The van der Waals surface area contributed by atoms with Crippen molar-refractivity contribution in [1.82, 2.24) is 0 Å². The molecular formula is C17H23NO2. The summed E-state index contributed by atoms with van der Waals surface area (Å²) in [7, 11) is 1.87. The second kappa shape index (κ2) is 3.99. The molecule has 3 nitrogen and oxygen atoms in total. The number of hydrogen-bond acceptors (Lipinski definition) is 2. The number of hydrogen-bond donors (Lipinski definition) is 1. The monoisotopic (exact) mass is 273 g/mol. The molecule has 4 rings (SSSR count). The van der Waals surface area contributed by atoms with Gasteiger partial charge in [-0.1, -0.05) is 18.9 Å². The fraction of sp³-hybridized carbons (Fsp3) is 0.647. The quantitative estimate of drug-likeness (QED) is 0.583. The van der Waals surface area contributed by atoms with Gasteiger partial charge in [0.2, 0.25) is 0 Å². The molecule has 1 N–H and O–H groups in total. The Balaban J connectivity index is 1.92. The summed E-state index contributed by atoms with van der Waals surface area (Å²) in [4.78, 5) is 0. The molecule has 4 atom stereocenters. The zero-order valence-corrected chi connectivity index (χ0v) is 12.1. The van der Waals surface area contributed by atoms with E-state index in [1.54, 1.807) is 6.07 Å². The van der Waals surface area contributed by atoms with Gasteiger partial charge in [-0.2, -0.15) is 0 Å². The number of fused-ring (bicyclic) bond motifs is 1. The van der Waals surface area contributed by atoms with Crippen LogP contribution in [0.5, 0.6) is 5.75 Å². The minimum atomic E-state index is -0.0628. The Morgan fingerprint density at radius 3 is 3.00 bits per heavy atom. The molecule has 2 aliphatic carbocycles. The number of likely N-dealkylation sites (tertiary alicyclic amines) is 1. The predicted molar refractivity (Wildman–Crippen MR) is 78.3 cm³/mol. The van der Waals surface area contributed by atoms with E-state index in [-0.39, 0.29) is 16.1 Å². The highest BCUT2D eigenvalue weighted by atomic mass is 16.5. The van der Waals surface area contributed by atoms with E-state index in [0.717, 1.165) is 19.4 Å². The van der Waals surface area contributed by atoms with E-state index in [4.69, 9.17) is 0 Å². The minimum absolute atomic E-state index is 0.0628. The third-order valence-corrected chi connectivity index (χ3v) is 6.32. The van der Waals surface area contributed by atoms with Gasteiger partial charge in [0.25, 0.3) is 0 Å². The van der Waals surface area contributed by atoms with Crippen molar-refractivity contribution in [2.75, 3.05) is 13.6 Å². The van der Waals surface area contributed by atoms with Gasteiger partial charge in [-0.05, 0) is 36.1 Å². The topological polar surface area (TPSA) is 43.3 Å². The molecule has 3 aliphatic rings. The molecule has 1 aromatic carbocycles. The molecule has 1 heterocycles. The number of quaternary nitrogens is 1. The van der Waals surface area contributed by atoms with E-state index in [0.29, 0.717) is 11.7 Å². The first kappa shape index (κ1) is 12.7. The van der Waals surface area contributed by atoms with Gasteiger partial charge in [0.1, 0.15) is 5.75 Å². The lowest BCUT2D eigenvalue weighted by atomic mass is 9.52. The summed E-state index contributed by atoms with van der Waals surface area (Å²) in [5.74, 6) is 0.896. The number of hydroxylamine groups is 3. The number of rotatable bonds is 0. The zero-order valence-electron chi connectivity index (χ0n) is 12.1. The van der Waals surface area contributed by atoms with Crippen LogP contribution in [0.15, 0.2) is 18.2 Å². The lowest BCUT2D eigenvalue weighted by Gasteiger charge is -2.63. The number of phenols is 1. The Morgan fingerprint density at radius 2 is 2.15 bits per heavy atom. The molecule has 2 bridgehead atoms. The fourth-order valence-electron chi connectivity index (χ4n) is 5.34. The molecular weight excluding hydrogens is 250 g/mol. The molecule has 108 valence electrons. The number of aromatic hydroxyl groups is 1. The molecule has 0 radical (unpaired) electrons. The van der Waals surface area contributed by atoms with Crippen molar-refractivity contribution in [2.24, 2.45) is 5.92 Å². The van der Waals surface area contributed by atoms with Crippen LogP contribution in [0.4, 0.5) is 0 Å². The second-order valence-electron chi connectivity index (χ2n) is 7.27. The SMILES string of the molecule is C[N+]1([O-])CC[C@@]23CCCC[C@H]2[C@@H]1Cc1ccc(O)cc13. The van der Waals surface area contributed by atoms with Crippen LogP contribution in [0.3, 0.4) is 0 Å². The first-order valence-electron chi connectivity index (χ1n) is 7.92. The van der Waals surface area contributed by atoms with Crippen LogP contribution in [0.25, 0.3) is 0 Å².